The molecule has 2 N–H and O–H groups in total. The third-order valence-electron chi connectivity index (χ3n) is 1.77. The number of nitrogens with one attached hydrogen (secondary N) is 2. The lowest BCUT2D eigenvalue weighted by Crippen LogP contribution is -2.13. The second-order valence-corrected chi connectivity index (χ2v) is 3.47. The summed E-state index contributed by atoms with van der Waals surface area (Å²) in [5.74, 6) is -1.11. The van der Waals surface area contributed by atoms with Gasteiger partial charge in [0.15, 0.2) is 5.82 Å². The Hall–Kier alpha value is -1.97. The maximum Gasteiger partial charge on any atom is 0.451 e. The lowest BCUT2D eigenvalue weighted by Gasteiger charge is -2.08. The van der Waals surface area contributed by atoms with Gasteiger partial charge in [0.1, 0.15) is 11.0 Å². The van der Waals surface area contributed by atoms with Gasteiger partial charge < -0.3 is 5.32 Å². The minimum absolute atomic E-state index is 0.0567. The molecule has 0 saturated heterocycles. The Morgan fingerprint density at radius 1 is 1.33 bits per heavy atom. The van der Waals surface area contributed by atoms with Crippen LogP contribution >= 0.6 is 11.6 Å². The summed E-state index contributed by atoms with van der Waals surface area (Å²) in [6, 6.07) is 1.16. The first-order valence-corrected chi connectivity index (χ1v) is 4.91. The van der Waals surface area contributed by atoms with Crippen molar-refractivity contribution in [1.82, 2.24) is 30.6 Å². The van der Waals surface area contributed by atoms with Gasteiger partial charge in [-0.3, -0.25) is 0 Å². The van der Waals surface area contributed by atoms with Gasteiger partial charge in [0.05, 0.1) is 6.54 Å². The van der Waals surface area contributed by atoms with Crippen LogP contribution in [-0.4, -0.2) is 30.6 Å². The number of aromatic nitrogens is 6. The molecule has 0 aliphatic rings. The molecule has 2 aromatic heterocycles. The van der Waals surface area contributed by atoms with Crippen molar-refractivity contribution < 1.29 is 13.2 Å². The standard InChI is InChI=1S/C7H5ClF3N7/c8-3-1-4(12-2-5-15-17-18-16-5)14-6(13-3)7(9,10)11/h1H,2H2,(H,12,13,14)(H,15,16,17,18). The van der Waals surface area contributed by atoms with Gasteiger partial charge in [-0.05, 0) is 0 Å². The van der Waals surface area contributed by atoms with Crippen LogP contribution in [0, 0.1) is 0 Å². The molecule has 0 fully saturated rings. The molecule has 0 saturated carbocycles. The number of anilines is 1. The molecule has 0 atom stereocenters. The molecule has 2 rings (SSSR count). The molecule has 2 heterocycles. The first-order chi connectivity index (χ1) is 8.45. The maximum atomic E-state index is 12.4. The fraction of sp³-hybridized carbons (Fsp3) is 0.286. The van der Waals surface area contributed by atoms with Gasteiger partial charge in [-0.15, -0.1) is 10.2 Å². The Balaban J connectivity index is 2.15. The highest BCUT2D eigenvalue weighted by molar-refractivity contribution is 6.29. The minimum Gasteiger partial charge on any atom is -0.362 e. The molecule has 18 heavy (non-hydrogen) atoms. The van der Waals surface area contributed by atoms with Gasteiger partial charge >= 0.3 is 6.18 Å². The normalized spacial score (nSPS) is 11.6. The molecule has 0 radical (unpaired) electrons. The predicted molar refractivity (Wildman–Crippen MR) is 53.5 cm³/mol. The molecule has 0 aliphatic carbocycles. The number of halogens is 4. The highest BCUT2D eigenvalue weighted by atomic mass is 35.5. The summed E-state index contributed by atoms with van der Waals surface area (Å²) >= 11 is 5.48. The molecule has 0 unspecified atom stereocenters. The Labute approximate surface area is 103 Å². The van der Waals surface area contributed by atoms with Gasteiger partial charge in [-0.25, -0.2) is 9.97 Å². The second-order valence-electron chi connectivity index (χ2n) is 3.08. The quantitative estimate of drug-likeness (QED) is 0.822. The van der Waals surface area contributed by atoms with Crippen LogP contribution in [0.5, 0.6) is 0 Å². The van der Waals surface area contributed by atoms with Crippen molar-refractivity contribution in [2.45, 2.75) is 12.7 Å². The summed E-state index contributed by atoms with van der Waals surface area (Å²) in [5.41, 5.74) is 0. The van der Waals surface area contributed by atoms with E-state index in [1.165, 1.54) is 0 Å². The number of hydrogen-bond acceptors (Lipinski definition) is 6. The molecule has 0 amide bonds. The van der Waals surface area contributed by atoms with Gasteiger partial charge in [0.2, 0.25) is 5.82 Å². The van der Waals surface area contributed by atoms with Gasteiger partial charge in [-0.1, -0.05) is 16.8 Å². The number of H-pyrrole nitrogens is 1. The summed E-state index contributed by atoms with van der Waals surface area (Å²) < 4.78 is 37.2. The molecule has 0 bridgehead atoms. The van der Waals surface area contributed by atoms with Crippen molar-refractivity contribution >= 4 is 17.4 Å². The zero-order valence-electron chi connectivity index (χ0n) is 8.53. The third-order valence-corrected chi connectivity index (χ3v) is 1.96. The lowest BCUT2D eigenvalue weighted by molar-refractivity contribution is -0.144. The average Bonchev–Trinajstić information content (AvgIpc) is 2.77. The molecule has 96 valence electrons. The SMILES string of the molecule is FC(F)(F)c1nc(Cl)cc(NCc2nn[nH]n2)n1. The predicted octanol–water partition coefficient (Wildman–Crippen LogP) is 1.27. The van der Waals surface area contributed by atoms with Crippen molar-refractivity contribution in [1.29, 1.82) is 0 Å². The lowest BCUT2D eigenvalue weighted by atomic mass is 10.5. The first kappa shape index (κ1) is 12.5. The van der Waals surface area contributed by atoms with Crippen LogP contribution < -0.4 is 5.32 Å². The molecule has 2 aromatic rings. The van der Waals surface area contributed by atoms with Crippen LogP contribution in [-0.2, 0) is 12.7 Å². The van der Waals surface area contributed by atoms with E-state index in [1.807, 2.05) is 0 Å². The summed E-state index contributed by atoms with van der Waals surface area (Å²) in [4.78, 5) is 6.38. The van der Waals surface area contributed by atoms with E-state index in [0.717, 1.165) is 6.07 Å². The number of rotatable bonds is 3. The molecule has 7 nitrogen and oxygen atoms in total. The fourth-order valence-electron chi connectivity index (χ4n) is 1.06. The van der Waals surface area contributed by atoms with Crippen molar-refractivity contribution in [2.75, 3.05) is 5.32 Å². The monoisotopic (exact) mass is 279 g/mol. The van der Waals surface area contributed by atoms with Crippen molar-refractivity contribution in [3.8, 4) is 0 Å². The first-order valence-electron chi connectivity index (χ1n) is 4.53. The van der Waals surface area contributed by atoms with Gasteiger partial charge in [0, 0.05) is 6.07 Å². The second kappa shape index (κ2) is 4.72. The topological polar surface area (TPSA) is 92.3 Å². The maximum absolute atomic E-state index is 12.4. The molecular weight excluding hydrogens is 275 g/mol. The Morgan fingerprint density at radius 3 is 2.72 bits per heavy atom. The van der Waals surface area contributed by atoms with E-state index in [4.69, 9.17) is 11.6 Å². The van der Waals surface area contributed by atoms with Gasteiger partial charge in [-0.2, -0.15) is 18.4 Å². The van der Waals surface area contributed by atoms with Crippen LogP contribution in [0.3, 0.4) is 0 Å². The smallest absolute Gasteiger partial charge is 0.362 e. The highest BCUT2D eigenvalue weighted by Gasteiger charge is 2.35. The third kappa shape index (κ3) is 3.03. The van der Waals surface area contributed by atoms with Crippen LogP contribution in [0.4, 0.5) is 19.0 Å². The summed E-state index contributed by atoms with van der Waals surface area (Å²) in [6.07, 6.45) is -4.66. The van der Waals surface area contributed by atoms with E-state index >= 15 is 0 Å². The van der Waals surface area contributed by atoms with Crippen LogP contribution in [0.25, 0.3) is 0 Å². The van der Waals surface area contributed by atoms with Crippen LogP contribution in [0.1, 0.15) is 11.6 Å². The van der Waals surface area contributed by atoms with E-state index < -0.39 is 12.0 Å². The van der Waals surface area contributed by atoms with E-state index in [0.29, 0.717) is 0 Å². The van der Waals surface area contributed by atoms with Crippen molar-refractivity contribution in [3.05, 3.63) is 22.9 Å². The Kier molecular flexibility index (Phi) is 3.28. The molecule has 0 aliphatic heterocycles. The molecule has 0 aromatic carbocycles. The molecule has 0 spiro atoms. The van der Waals surface area contributed by atoms with Crippen LogP contribution in [0.15, 0.2) is 6.07 Å². The number of hydrogen-bond donors (Lipinski definition) is 2. The summed E-state index contributed by atoms with van der Waals surface area (Å²) in [5, 5.41) is 15.0. The molecular formula is C7H5ClF3N7. The van der Waals surface area contributed by atoms with E-state index in [2.05, 4.69) is 35.9 Å². The minimum atomic E-state index is -4.66. The van der Waals surface area contributed by atoms with Gasteiger partial charge in [0.25, 0.3) is 0 Å². The number of alkyl halides is 3. The molecule has 11 heteroatoms. The average molecular weight is 280 g/mol. The van der Waals surface area contributed by atoms with E-state index in [-0.39, 0.29) is 23.3 Å². The fourth-order valence-corrected chi connectivity index (χ4v) is 1.25. The number of aromatic amines is 1. The zero-order chi connectivity index (χ0) is 13.2. The zero-order valence-corrected chi connectivity index (χ0v) is 9.29. The van der Waals surface area contributed by atoms with E-state index in [9.17, 15) is 13.2 Å². The van der Waals surface area contributed by atoms with Crippen molar-refractivity contribution in [3.63, 3.8) is 0 Å². The largest absolute Gasteiger partial charge is 0.451 e. The number of nitrogens with zero attached hydrogens (tertiary/aromatic N) is 5. The van der Waals surface area contributed by atoms with Crippen LogP contribution in [0.2, 0.25) is 5.15 Å². The van der Waals surface area contributed by atoms with Crippen molar-refractivity contribution in [2.24, 2.45) is 0 Å². The van der Waals surface area contributed by atoms with E-state index in [1.54, 1.807) is 0 Å². The number of tetrazole rings is 1. The Bertz CT molecular complexity index is 526. The summed E-state index contributed by atoms with van der Waals surface area (Å²) in [7, 11) is 0. The summed E-state index contributed by atoms with van der Waals surface area (Å²) in [6.45, 7) is 0.0567. The Morgan fingerprint density at radius 2 is 2.11 bits per heavy atom. The highest BCUT2D eigenvalue weighted by Crippen LogP contribution is 2.28.